The third kappa shape index (κ3) is 5.49. The molecule has 0 amide bonds. The molecule has 0 bridgehead atoms. The van der Waals surface area contributed by atoms with Crippen molar-refractivity contribution in [2.45, 2.75) is 32.4 Å². The van der Waals surface area contributed by atoms with Crippen molar-refractivity contribution in [2.24, 2.45) is 5.73 Å². The van der Waals surface area contributed by atoms with Gasteiger partial charge in [-0.05, 0) is 45.0 Å². The van der Waals surface area contributed by atoms with Crippen molar-refractivity contribution in [2.75, 3.05) is 33.9 Å². The molecule has 1 aromatic carbocycles. The summed E-state index contributed by atoms with van der Waals surface area (Å²) in [7, 11) is 3.83. The Bertz CT molecular complexity index is 365. The average molecular weight is 280 g/mol. The molecule has 0 aliphatic carbocycles. The third-order valence-electron chi connectivity index (χ3n) is 3.25. The van der Waals surface area contributed by atoms with Crippen LogP contribution in [0.2, 0.25) is 0 Å². The Kier molecular flexibility index (Phi) is 7.59. The fraction of sp³-hybridized carbons (Fsp3) is 0.625. The predicted octanol–water partition coefficient (Wildman–Crippen LogP) is 2.44. The first-order valence-electron chi connectivity index (χ1n) is 7.24. The molecule has 0 aliphatic heterocycles. The fourth-order valence-electron chi connectivity index (χ4n) is 2.23. The molecule has 0 aliphatic rings. The topological polar surface area (TPSA) is 47.7 Å². The molecule has 2 N–H and O–H groups in total. The number of ether oxygens (including phenoxy) is 2. The number of hydrogen-bond donors (Lipinski definition) is 1. The number of hydrogen-bond acceptors (Lipinski definition) is 4. The maximum atomic E-state index is 5.92. The summed E-state index contributed by atoms with van der Waals surface area (Å²) in [4.78, 5) is 2.28. The second-order valence-corrected chi connectivity index (χ2v) is 5.31. The first kappa shape index (κ1) is 17.0. The molecule has 1 rings (SSSR count). The summed E-state index contributed by atoms with van der Waals surface area (Å²) in [5.74, 6) is 0.904. The highest BCUT2D eigenvalue weighted by Crippen LogP contribution is 2.22. The zero-order valence-corrected chi connectivity index (χ0v) is 13.1. The van der Waals surface area contributed by atoms with E-state index >= 15 is 0 Å². The van der Waals surface area contributed by atoms with Crippen LogP contribution in [-0.4, -0.2) is 44.9 Å². The molecule has 0 heterocycles. The zero-order chi connectivity index (χ0) is 15.0. The van der Waals surface area contributed by atoms with Crippen molar-refractivity contribution < 1.29 is 9.47 Å². The maximum Gasteiger partial charge on any atom is 0.119 e. The summed E-state index contributed by atoms with van der Waals surface area (Å²) >= 11 is 0. The summed E-state index contributed by atoms with van der Waals surface area (Å²) in [6, 6.07) is 8.46. The van der Waals surface area contributed by atoms with E-state index in [1.807, 2.05) is 26.0 Å². The normalized spacial score (nSPS) is 12.9. The van der Waals surface area contributed by atoms with Crippen LogP contribution >= 0.6 is 0 Å². The number of rotatable bonds is 9. The standard InChI is InChI=1S/C16H28N2O2/c1-13(2)20-15-8-6-14(7-9-15)16(12-17)18(3)10-5-11-19-4/h6-9,13,16H,5,10-12,17H2,1-4H3. The van der Waals surface area contributed by atoms with Gasteiger partial charge in [0.25, 0.3) is 0 Å². The van der Waals surface area contributed by atoms with E-state index in [9.17, 15) is 0 Å². The van der Waals surface area contributed by atoms with Gasteiger partial charge in [0.1, 0.15) is 5.75 Å². The quantitative estimate of drug-likeness (QED) is 0.706. The zero-order valence-electron chi connectivity index (χ0n) is 13.1. The lowest BCUT2D eigenvalue weighted by Gasteiger charge is -2.27. The Morgan fingerprint density at radius 2 is 1.85 bits per heavy atom. The molecular formula is C16H28N2O2. The highest BCUT2D eigenvalue weighted by Gasteiger charge is 2.15. The summed E-state index contributed by atoms with van der Waals surface area (Å²) in [5, 5.41) is 0. The molecule has 1 unspecified atom stereocenters. The number of nitrogens with two attached hydrogens (primary N) is 1. The minimum Gasteiger partial charge on any atom is -0.491 e. The molecule has 0 saturated carbocycles. The molecule has 1 atom stereocenters. The SMILES string of the molecule is COCCCN(C)C(CN)c1ccc(OC(C)C)cc1. The molecule has 114 valence electrons. The van der Waals surface area contributed by atoms with Crippen molar-refractivity contribution in [3.05, 3.63) is 29.8 Å². The van der Waals surface area contributed by atoms with E-state index in [0.717, 1.165) is 25.3 Å². The summed E-state index contributed by atoms with van der Waals surface area (Å²) < 4.78 is 10.8. The largest absolute Gasteiger partial charge is 0.491 e. The molecule has 1 aromatic rings. The Hall–Kier alpha value is -1.10. The third-order valence-corrected chi connectivity index (χ3v) is 3.25. The molecule has 0 saturated heterocycles. The lowest BCUT2D eigenvalue weighted by molar-refractivity contribution is 0.166. The van der Waals surface area contributed by atoms with Crippen LogP contribution in [0.1, 0.15) is 31.9 Å². The number of methoxy groups -OCH3 is 1. The fourth-order valence-corrected chi connectivity index (χ4v) is 2.23. The monoisotopic (exact) mass is 280 g/mol. The Balaban J connectivity index is 2.64. The van der Waals surface area contributed by atoms with Gasteiger partial charge in [0.15, 0.2) is 0 Å². The summed E-state index contributed by atoms with van der Waals surface area (Å²) in [6.45, 7) is 6.41. The van der Waals surface area contributed by atoms with Gasteiger partial charge in [-0.15, -0.1) is 0 Å². The van der Waals surface area contributed by atoms with E-state index in [4.69, 9.17) is 15.2 Å². The van der Waals surface area contributed by atoms with Gasteiger partial charge in [-0.2, -0.15) is 0 Å². The van der Waals surface area contributed by atoms with Gasteiger partial charge in [0.05, 0.1) is 6.10 Å². The van der Waals surface area contributed by atoms with Crippen molar-refractivity contribution in [3.63, 3.8) is 0 Å². The van der Waals surface area contributed by atoms with Gasteiger partial charge in [-0.25, -0.2) is 0 Å². The van der Waals surface area contributed by atoms with Crippen LogP contribution < -0.4 is 10.5 Å². The van der Waals surface area contributed by atoms with Crippen LogP contribution in [0.5, 0.6) is 5.75 Å². The molecule has 0 fully saturated rings. The molecule has 0 aromatic heterocycles. The number of benzene rings is 1. The Labute approximate surface area is 122 Å². The smallest absolute Gasteiger partial charge is 0.119 e. The first-order chi connectivity index (χ1) is 9.58. The lowest BCUT2D eigenvalue weighted by atomic mass is 10.1. The van der Waals surface area contributed by atoms with Crippen molar-refractivity contribution >= 4 is 0 Å². The van der Waals surface area contributed by atoms with E-state index in [1.165, 1.54) is 5.56 Å². The highest BCUT2D eigenvalue weighted by molar-refractivity contribution is 5.29. The van der Waals surface area contributed by atoms with E-state index in [1.54, 1.807) is 7.11 Å². The van der Waals surface area contributed by atoms with Crippen LogP contribution in [0.3, 0.4) is 0 Å². The minimum absolute atomic E-state index is 0.197. The number of nitrogens with zero attached hydrogens (tertiary/aromatic N) is 1. The van der Waals surface area contributed by atoms with Crippen LogP contribution in [-0.2, 0) is 4.74 Å². The minimum atomic E-state index is 0.197. The molecule has 4 heteroatoms. The average Bonchev–Trinajstić information content (AvgIpc) is 2.41. The highest BCUT2D eigenvalue weighted by atomic mass is 16.5. The Morgan fingerprint density at radius 3 is 2.35 bits per heavy atom. The van der Waals surface area contributed by atoms with Crippen LogP contribution in [0, 0.1) is 0 Å². The van der Waals surface area contributed by atoms with Gasteiger partial charge in [0.2, 0.25) is 0 Å². The molecular weight excluding hydrogens is 252 g/mol. The maximum absolute atomic E-state index is 5.92. The second kappa shape index (κ2) is 8.95. The van der Waals surface area contributed by atoms with Crippen molar-refractivity contribution in [1.82, 2.24) is 4.90 Å². The summed E-state index contributed by atoms with van der Waals surface area (Å²) in [5.41, 5.74) is 7.15. The van der Waals surface area contributed by atoms with Gasteiger partial charge in [-0.1, -0.05) is 12.1 Å². The van der Waals surface area contributed by atoms with Gasteiger partial charge in [-0.3, -0.25) is 4.90 Å². The van der Waals surface area contributed by atoms with Crippen molar-refractivity contribution in [3.8, 4) is 5.75 Å². The first-order valence-corrected chi connectivity index (χ1v) is 7.24. The van der Waals surface area contributed by atoms with Gasteiger partial charge in [0, 0.05) is 32.8 Å². The predicted molar refractivity (Wildman–Crippen MR) is 83.1 cm³/mol. The van der Waals surface area contributed by atoms with Gasteiger partial charge >= 0.3 is 0 Å². The van der Waals surface area contributed by atoms with E-state index < -0.39 is 0 Å². The molecule has 20 heavy (non-hydrogen) atoms. The Morgan fingerprint density at radius 1 is 1.20 bits per heavy atom. The lowest BCUT2D eigenvalue weighted by Crippen LogP contribution is -2.31. The molecule has 0 spiro atoms. The molecule has 4 nitrogen and oxygen atoms in total. The van der Waals surface area contributed by atoms with Gasteiger partial charge < -0.3 is 15.2 Å². The van der Waals surface area contributed by atoms with E-state index in [2.05, 4.69) is 24.1 Å². The van der Waals surface area contributed by atoms with Crippen LogP contribution in [0.15, 0.2) is 24.3 Å². The van der Waals surface area contributed by atoms with Crippen LogP contribution in [0.25, 0.3) is 0 Å². The summed E-state index contributed by atoms with van der Waals surface area (Å²) in [6.07, 6.45) is 1.21. The van der Waals surface area contributed by atoms with E-state index in [0.29, 0.717) is 6.54 Å². The number of likely N-dealkylation sites (N-methyl/N-ethyl adjacent to an activating group) is 1. The van der Waals surface area contributed by atoms with E-state index in [-0.39, 0.29) is 12.1 Å². The molecule has 0 radical (unpaired) electrons. The van der Waals surface area contributed by atoms with Crippen molar-refractivity contribution in [1.29, 1.82) is 0 Å². The second-order valence-electron chi connectivity index (χ2n) is 5.31. The van der Waals surface area contributed by atoms with Crippen LogP contribution in [0.4, 0.5) is 0 Å².